The van der Waals surface area contributed by atoms with Crippen LogP contribution in [-0.2, 0) is 11.3 Å². The zero-order valence-electron chi connectivity index (χ0n) is 19.4. The van der Waals surface area contributed by atoms with Crippen molar-refractivity contribution in [3.63, 3.8) is 0 Å². The fourth-order valence-corrected chi connectivity index (χ4v) is 3.66. The minimum Gasteiger partial charge on any atom is -0.444 e. The number of carbonyl (C=O) groups excluding carboxylic acids is 3. The summed E-state index contributed by atoms with van der Waals surface area (Å²) in [4.78, 5) is 38.6. The molecule has 2 aromatic rings. The summed E-state index contributed by atoms with van der Waals surface area (Å²) in [6, 6.07) is 12.1. The Hall–Kier alpha value is -3.55. The Balaban J connectivity index is 1.69. The van der Waals surface area contributed by atoms with Crippen LogP contribution in [-0.4, -0.2) is 36.6 Å². The molecule has 1 heterocycles. The molecule has 0 aliphatic carbocycles. The first-order valence-electron chi connectivity index (χ1n) is 11.2. The fourth-order valence-electron chi connectivity index (χ4n) is 3.66. The molecule has 1 fully saturated rings. The van der Waals surface area contributed by atoms with Crippen LogP contribution in [0.25, 0.3) is 0 Å². The van der Waals surface area contributed by atoms with E-state index < -0.39 is 17.6 Å². The van der Waals surface area contributed by atoms with Crippen LogP contribution < -0.4 is 21.3 Å². The number of ether oxygens (including phenoxy) is 1. The lowest BCUT2D eigenvalue weighted by Crippen LogP contribution is -2.32. The van der Waals surface area contributed by atoms with E-state index in [1.807, 2.05) is 6.07 Å². The largest absolute Gasteiger partial charge is 0.444 e. The summed E-state index contributed by atoms with van der Waals surface area (Å²) in [6.07, 6.45) is 2.86. The van der Waals surface area contributed by atoms with E-state index in [1.54, 1.807) is 57.2 Å². The average Bonchev–Trinajstić information content (AvgIpc) is 2.77. The van der Waals surface area contributed by atoms with E-state index in [4.69, 9.17) is 10.5 Å². The Morgan fingerprint density at radius 1 is 0.970 bits per heavy atom. The normalized spacial score (nSPS) is 13.8. The number of primary amides is 1. The van der Waals surface area contributed by atoms with Crippen LogP contribution in [0.5, 0.6) is 0 Å². The highest BCUT2D eigenvalue weighted by atomic mass is 16.6. The van der Waals surface area contributed by atoms with Crippen molar-refractivity contribution in [2.45, 2.75) is 52.2 Å². The standard InChI is InChI=1S/C25H32N4O4/c1-25(2,3)33-24(32)27-16-17-7-9-18(10-8-17)23(31)28-20-15-19(22(26)30)11-12-21(20)29-13-5-4-6-14-29/h7-12,15H,4-6,13-14,16H2,1-3H3,(H2,26,30)(H,27,32)(H,28,31). The molecular formula is C25H32N4O4. The summed E-state index contributed by atoms with van der Waals surface area (Å²) in [5, 5.41) is 5.63. The number of nitrogens with two attached hydrogens (primary N) is 1. The second-order valence-corrected chi connectivity index (χ2v) is 9.15. The van der Waals surface area contributed by atoms with Gasteiger partial charge < -0.3 is 26.0 Å². The summed E-state index contributed by atoms with van der Waals surface area (Å²) in [5.41, 5.74) is 7.97. The number of piperidine rings is 1. The number of carbonyl (C=O) groups is 3. The summed E-state index contributed by atoms with van der Waals surface area (Å²) in [7, 11) is 0. The van der Waals surface area contributed by atoms with Crippen LogP contribution in [0.3, 0.4) is 0 Å². The third-order valence-corrected chi connectivity index (χ3v) is 5.28. The van der Waals surface area contributed by atoms with Gasteiger partial charge >= 0.3 is 6.09 Å². The molecule has 0 bridgehead atoms. The van der Waals surface area contributed by atoms with Crippen LogP contribution in [0.1, 0.15) is 66.3 Å². The van der Waals surface area contributed by atoms with E-state index in [0.29, 0.717) is 16.8 Å². The van der Waals surface area contributed by atoms with Crippen molar-refractivity contribution in [1.29, 1.82) is 0 Å². The van der Waals surface area contributed by atoms with Crippen LogP contribution in [0, 0.1) is 0 Å². The Morgan fingerprint density at radius 2 is 1.61 bits per heavy atom. The lowest BCUT2D eigenvalue weighted by Gasteiger charge is -2.30. The van der Waals surface area contributed by atoms with E-state index in [-0.39, 0.29) is 12.5 Å². The van der Waals surface area contributed by atoms with E-state index in [0.717, 1.165) is 37.2 Å². The highest BCUT2D eigenvalue weighted by Gasteiger charge is 2.19. The lowest BCUT2D eigenvalue weighted by atomic mass is 10.1. The molecule has 0 spiro atoms. The highest BCUT2D eigenvalue weighted by Crippen LogP contribution is 2.30. The van der Waals surface area contributed by atoms with Gasteiger partial charge in [0.05, 0.1) is 11.4 Å². The molecule has 2 aromatic carbocycles. The van der Waals surface area contributed by atoms with E-state index >= 15 is 0 Å². The van der Waals surface area contributed by atoms with Gasteiger partial charge in [0.15, 0.2) is 0 Å². The highest BCUT2D eigenvalue weighted by molar-refractivity contribution is 6.07. The van der Waals surface area contributed by atoms with Gasteiger partial charge in [0.25, 0.3) is 5.91 Å². The first kappa shape index (κ1) is 24.1. The number of anilines is 2. The van der Waals surface area contributed by atoms with Gasteiger partial charge in [-0.3, -0.25) is 9.59 Å². The summed E-state index contributed by atoms with van der Waals surface area (Å²) < 4.78 is 5.22. The van der Waals surface area contributed by atoms with Crippen molar-refractivity contribution < 1.29 is 19.1 Å². The molecule has 1 saturated heterocycles. The van der Waals surface area contributed by atoms with Crippen LogP contribution >= 0.6 is 0 Å². The molecule has 8 heteroatoms. The summed E-state index contributed by atoms with van der Waals surface area (Å²) in [5.74, 6) is -0.834. The van der Waals surface area contributed by atoms with Crippen LogP contribution in [0.4, 0.5) is 16.2 Å². The monoisotopic (exact) mass is 452 g/mol. The zero-order valence-corrected chi connectivity index (χ0v) is 19.4. The van der Waals surface area contributed by atoms with Crippen molar-refractivity contribution in [1.82, 2.24) is 5.32 Å². The number of amides is 3. The predicted octanol–water partition coefficient (Wildman–Crippen LogP) is 4.05. The molecule has 3 rings (SSSR count). The third-order valence-electron chi connectivity index (χ3n) is 5.28. The molecular weight excluding hydrogens is 420 g/mol. The van der Waals surface area contributed by atoms with Gasteiger partial charge in [0.1, 0.15) is 5.60 Å². The number of rotatable bonds is 6. The topological polar surface area (TPSA) is 114 Å². The van der Waals surface area contributed by atoms with Gasteiger partial charge in [0, 0.05) is 30.8 Å². The number of nitrogens with zero attached hydrogens (tertiary/aromatic N) is 1. The van der Waals surface area contributed by atoms with Gasteiger partial charge in [-0.05, 0) is 75.9 Å². The molecule has 176 valence electrons. The molecule has 0 radical (unpaired) electrons. The molecule has 0 atom stereocenters. The van der Waals surface area contributed by atoms with Gasteiger partial charge in [0.2, 0.25) is 5.91 Å². The first-order valence-corrected chi connectivity index (χ1v) is 11.2. The fraction of sp³-hybridized carbons (Fsp3) is 0.400. The Labute approximate surface area is 194 Å². The minimum atomic E-state index is -0.565. The number of alkyl carbamates (subject to hydrolysis) is 1. The van der Waals surface area contributed by atoms with E-state index in [2.05, 4.69) is 15.5 Å². The van der Waals surface area contributed by atoms with Gasteiger partial charge in [-0.25, -0.2) is 4.79 Å². The van der Waals surface area contributed by atoms with Crippen molar-refractivity contribution in [3.05, 3.63) is 59.2 Å². The van der Waals surface area contributed by atoms with Gasteiger partial charge in [-0.1, -0.05) is 12.1 Å². The number of hydrogen-bond acceptors (Lipinski definition) is 5. The Kier molecular flexibility index (Phi) is 7.58. The molecule has 1 aliphatic rings. The second kappa shape index (κ2) is 10.4. The van der Waals surface area contributed by atoms with E-state index in [1.165, 1.54) is 6.42 Å². The van der Waals surface area contributed by atoms with Crippen LogP contribution in [0.15, 0.2) is 42.5 Å². The molecule has 1 aliphatic heterocycles. The second-order valence-electron chi connectivity index (χ2n) is 9.15. The maximum Gasteiger partial charge on any atom is 0.407 e. The number of hydrogen-bond donors (Lipinski definition) is 3. The molecule has 33 heavy (non-hydrogen) atoms. The zero-order chi connectivity index (χ0) is 24.0. The van der Waals surface area contributed by atoms with Crippen LogP contribution in [0.2, 0.25) is 0 Å². The third kappa shape index (κ3) is 6.97. The predicted molar refractivity (Wildman–Crippen MR) is 128 cm³/mol. The Morgan fingerprint density at radius 3 is 2.21 bits per heavy atom. The van der Waals surface area contributed by atoms with Crippen molar-refractivity contribution in [2.24, 2.45) is 5.73 Å². The molecule has 3 amide bonds. The minimum absolute atomic E-state index is 0.288. The Bertz CT molecular complexity index is 1010. The number of benzene rings is 2. The summed E-state index contributed by atoms with van der Waals surface area (Å²) >= 11 is 0. The molecule has 4 N–H and O–H groups in total. The average molecular weight is 453 g/mol. The smallest absolute Gasteiger partial charge is 0.407 e. The lowest BCUT2D eigenvalue weighted by molar-refractivity contribution is 0.0523. The maximum atomic E-state index is 12.9. The van der Waals surface area contributed by atoms with Crippen molar-refractivity contribution in [3.8, 4) is 0 Å². The number of nitrogens with one attached hydrogen (secondary N) is 2. The molecule has 8 nitrogen and oxygen atoms in total. The maximum absolute atomic E-state index is 12.9. The SMILES string of the molecule is CC(C)(C)OC(=O)NCc1ccc(C(=O)Nc2cc(C(N)=O)ccc2N2CCCCC2)cc1. The molecule has 0 saturated carbocycles. The molecule has 0 unspecified atom stereocenters. The van der Waals surface area contributed by atoms with Gasteiger partial charge in [-0.15, -0.1) is 0 Å². The summed E-state index contributed by atoms with van der Waals surface area (Å²) in [6.45, 7) is 7.49. The van der Waals surface area contributed by atoms with Crippen molar-refractivity contribution >= 4 is 29.3 Å². The molecule has 0 aromatic heterocycles. The quantitative estimate of drug-likeness (QED) is 0.612. The van der Waals surface area contributed by atoms with Crippen molar-refractivity contribution in [2.75, 3.05) is 23.3 Å². The first-order chi connectivity index (χ1) is 15.6. The van der Waals surface area contributed by atoms with Gasteiger partial charge in [-0.2, -0.15) is 0 Å². The van der Waals surface area contributed by atoms with E-state index in [9.17, 15) is 14.4 Å².